The third-order valence-electron chi connectivity index (χ3n) is 2.22. The Labute approximate surface area is 96.7 Å². The van der Waals surface area contributed by atoms with Crippen molar-refractivity contribution in [1.29, 1.82) is 0 Å². The molecule has 0 aliphatic heterocycles. The second kappa shape index (κ2) is 13.2. The lowest BCUT2D eigenvalue weighted by atomic mass is 10.1. The normalized spacial score (nSPS) is 11.3. The maximum absolute atomic E-state index is 8.53. The molecule has 0 saturated heterocycles. The first-order valence-electron chi connectivity index (χ1n) is 5.73. The number of hydrogen-bond donors (Lipinski definition) is 1. The minimum Gasteiger partial charge on any atom is -0.396 e. The zero-order valence-electron chi connectivity index (χ0n) is 9.05. The quantitative estimate of drug-likeness (QED) is 0.358. The number of aliphatic hydroxyl groups excluding tert-OH is 1. The van der Waals surface area contributed by atoms with Crippen LogP contribution in [0.2, 0.25) is 0 Å². The van der Waals surface area contributed by atoms with Gasteiger partial charge in [-0.25, -0.2) is 0 Å². The monoisotopic (exact) mass is 262 g/mol. The van der Waals surface area contributed by atoms with Gasteiger partial charge in [-0.1, -0.05) is 53.8 Å². The average Bonchev–Trinajstić information content (AvgIpc) is 2.21. The van der Waals surface area contributed by atoms with Crippen molar-refractivity contribution in [2.24, 2.45) is 0 Å². The van der Waals surface area contributed by atoms with Gasteiger partial charge < -0.3 is 5.11 Å². The molecule has 0 fully saturated rings. The fraction of sp³-hybridized carbons (Fsp3) is 0.833. The van der Waals surface area contributed by atoms with E-state index in [2.05, 4.69) is 28.1 Å². The van der Waals surface area contributed by atoms with Gasteiger partial charge in [-0.2, -0.15) is 0 Å². The van der Waals surface area contributed by atoms with Crippen LogP contribution >= 0.6 is 15.9 Å². The standard InChI is InChI=1S/C12H23BrO/c13-11-9-7-5-3-1-2-4-6-8-10-12-14/h6,8,14H,1-5,7,9-12H2/b8-6-. The van der Waals surface area contributed by atoms with Crippen molar-refractivity contribution in [2.75, 3.05) is 11.9 Å². The summed E-state index contributed by atoms with van der Waals surface area (Å²) in [5.74, 6) is 0. The number of allylic oxidation sites excluding steroid dienone is 1. The molecule has 0 aromatic rings. The zero-order chi connectivity index (χ0) is 10.5. The third-order valence-corrected chi connectivity index (χ3v) is 2.78. The number of unbranched alkanes of at least 4 members (excludes halogenated alkanes) is 6. The van der Waals surface area contributed by atoms with Gasteiger partial charge in [0.25, 0.3) is 0 Å². The summed E-state index contributed by atoms with van der Waals surface area (Å²) in [7, 11) is 0. The van der Waals surface area contributed by atoms with Crippen LogP contribution in [0.15, 0.2) is 12.2 Å². The van der Waals surface area contributed by atoms with E-state index >= 15 is 0 Å². The Kier molecular flexibility index (Phi) is 13.3. The molecule has 84 valence electrons. The third kappa shape index (κ3) is 12.2. The predicted octanol–water partition coefficient (Wildman–Crippen LogP) is 4.05. The Morgan fingerprint density at radius 1 is 0.786 bits per heavy atom. The van der Waals surface area contributed by atoms with Gasteiger partial charge in [-0.3, -0.25) is 0 Å². The number of hydrogen-bond acceptors (Lipinski definition) is 1. The maximum atomic E-state index is 8.53. The molecule has 0 radical (unpaired) electrons. The fourth-order valence-corrected chi connectivity index (χ4v) is 1.77. The summed E-state index contributed by atoms with van der Waals surface area (Å²) < 4.78 is 0. The van der Waals surface area contributed by atoms with E-state index in [1.165, 1.54) is 44.9 Å². The number of aliphatic hydroxyl groups is 1. The smallest absolute Gasteiger partial charge is 0.0465 e. The number of halogens is 1. The topological polar surface area (TPSA) is 20.2 Å². The van der Waals surface area contributed by atoms with Gasteiger partial charge in [0.15, 0.2) is 0 Å². The summed E-state index contributed by atoms with van der Waals surface area (Å²) in [5.41, 5.74) is 0. The Hall–Kier alpha value is 0.180. The molecule has 1 nitrogen and oxygen atoms in total. The van der Waals surface area contributed by atoms with Crippen molar-refractivity contribution in [3.8, 4) is 0 Å². The molecule has 0 aromatic heterocycles. The Morgan fingerprint density at radius 3 is 2.00 bits per heavy atom. The molecule has 0 aliphatic carbocycles. The SMILES string of the molecule is OCC/C=C\CCCCCCCCBr. The first kappa shape index (κ1) is 14.2. The van der Waals surface area contributed by atoms with Crippen molar-refractivity contribution >= 4 is 15.9 Å². The van der Waals surface area contributed by atoms with Crippen LogP contribution in [0.1, 0.15) is 51.4 Å². The predicted molar refractivity (Wildman–Crippen MR) is 67.0 cm³/mol. The highest BCUT2D eigenvalue weighted by molar-refractivity contribution is 9.09. The van der Waals surface area contributed by atoms with Crippen molar-refractivity contribution < 1.29 is 5.11 Å². The van der Waals surface area contributed by atoms with E-state index in [-0.39, 0.29) is 6.61 Å². The van der Waals surface area contributed by atoms with Crippen LogP contribution in [0.3, 0.4) is 0 Å². The molecule has 0 unspecified atom stereocenters. The minimum atomic E-state index is 0.281. The first-order chi connectivity index (χ1) is 6.91. The molecule has 0 rings (SSSR count). The Bertz CT molecular complexity index is 123. The fourth-order valence-electron chi connectivity index (χ4n) is 1.37. The highest BCUT2D eigenvalue weighted by Gasteiger charge is 1.89. The molecule has 0 atom stereocenters. The van der Waals surface area contributed by atoms with Crippen LogP contribution in [0.25, 0.3) is 0 Å². The van der Waals surface area contributed by atoms with E-state index in [9.17, 15) is 0 Å². The molecular formula is C12H23BrO. The average molecular weight is 263 g/mol. The van der Waals surface area contributed by atoms with Crippen LogP contribution in [0, 0.1) is 0 Å². The summed E-state index contributed by atoms with van der Waals surface area (Å²) in [6.45, 7) is 0.281. The summed E-state index contributed by atoms with van der Waals surface area (Å²) >= 11 is 3.44. The second-order valence-corrected chi connectivity index (χ2v) is 4.38. The zero-order valence-corrected chi connectivity index (χ0v) is 10.6. The summed E-state index contributed by atoms with van der Waals surface area (Å²) in [6.07, 6.45) is 14.3. The van der Waals surface area contributed by atoms with E-state index in [0.29, 0.717) is 0 Å². The Morgan fingerprint density at radius 2 is 1.36 bits per heavy atom. The molecular weight excluding hydrogens is 240 g/mol. The van der Waals surface area contributed by atoms with Crippen LogP contribution in [-0.2, 0) is 0 Å². The Balaban J connectivity index is 2.91. The molecule has 0 heterocycles. The van der Waals surface area contributed by atoms with Crippen molar-refractivity contribution in [3.05, 3.63) is 12.2 Å². The molecule has 0 spiro atoms. The van der Waals surface area contributed by atoms with E-state index in [0.717, 1.165) is 11.8 Å². The molecule has 2 heteroatoms. The van der Waals surface area contributed by atoms with Crippen molar-refractivity contribution in [3.63, 3.8) is 0 Å². The first-order valence-corrected chi connectivity index (χ1v) is 6.85. The van der Waals surface area contributed by atoms with Crippen LogP contribution < -0.4 is 0 Å². The van der Waals surface area contributed by atoms with Crippen LogP contribution in [-0.4, -0.2) is 17.0 Å². The molecule has 0 bridgehead atoms. The van der Waals surface area contributed by atoms with E-state index in [1.807, 2.05) is 0 Å². The molecule has 0 saturated carbocycles. The summed E-state index contributed by atoms with van der Waals surface area (Å²) in [5, 5.41) is 9.68. The van der Waals surface area contributed by atoms with Crippen LogP contribution in [0.5, 0.6) is 0 Å². The van der Waals surface area contributed by atoms with Gasteiger partial charge in [0.05, 0.1) is 0 Å². The minimum absolute atomic E-state index is 0.281. The van der Waals surface area contributed by atoms with Gasteiger partial charge in [-0.15, -0.1) is 0 Å². The van der Waals surface area contributed by atoms with Gasteiger partial charge >= 0.3 is 0 Å². The van der Waals surface area contributed by atoms with Gasteiger partial charge in [0.2, 0.25) is 0 Å². The summed E-state index contributed by atoms with van der Waals surface area (Å²) in [4.78, 5) is 0. The lowest BCUT2D eigenvalue weighted by molar-refractivity contribution is 0.302. The van der Waals surface area contributed by atoms with Crippen LogP contribution in [0.4, 0.5) is 0 Å². The van der Waals surface area contributed by atoms with E-state index < -0.39 is 0 Å². The van der Waals surface area contributed by atoms with Crippen molar-refractivity contribution in [2.45, 2.75) is 51.4 Å². The lowest BCUT2D eigenvalue weighted by Gasteiger charge is -1.98. The maximum Gasteiger partial charge on any atom is 0.0465 e. The van der Waals surface area contributed by atoms with Gasteiger partial charge in [-0.05, 0) is 25.7 Å². The van der Waals surface area contributed by atoms with Gasteiger partial charge in [0.1, 0.15) is 0 Å². The largest absolute Gasteiger partial charge is 0.396 e. The number of rotatable bonds is 10. The van der Waals surface area contributed by atoms with Gasteiger partial charge in [0, 0.05) is 11.9 Å². The molecule has 14 heavy (non-hydrogen) atoms. The summed E-state index contributed by atoms with van der Waals surface area (Å²) in [6, 6.07) is 0. The van der Waals surface area contributed by atoms with Crippen molar-refractivity contribution in [1.82, 2.24) is 0 Å². The molecule has 0 aromatic carbocycles. The highest BCUT2D eigenvalue weighted by Crippen LogP contribution is 2.08. The molecule has 1 N–H and O–H groups in total. The molecule has 0 amide bonds. The lowest BCUT2D eigenvalue weighted by Crippen LogP contribution is -1.80. The van der Waals surface area contributed by atoms with E-state index in [4.69, 9.17) is 5.11 Å². The highest BCUT2D eigenvalue weighted by atomic mass is 79.9. The number of alkyl halides is 1. The second-order valence-electron chi connectivity index (χ2n) is 3.58. The molecule has 0 aliphatic rings. The van der Waals surface area contributed by atoms with E-state index in [1.54, 1.807) is 0 Å².